The van der Waals surface area contributed by atoms with E-state index < -0.39 is 0 Å². The van der Waals surface area contributed by atoms with E-state index in [1.54, 1.807) is 18.2 Å². The maximum absolute atomic E-state index is 6.59. The quantitative estimate of drug-likeness (QED) is 0.326. The fourth-order valence-electron chi connectivity index (χ4n) is 3.70. The molecular weight excluding hydrogens is 495 g/mol. The van der Waals surface area contributed by atoms with E-state index in [1.807, 2.05) is 19.1 Å². The molecular formula is C26H27Cl3N2O3. The highest BCUT2D eigenvalue weighted by Crippen LogP contribution is 2.35. The van der Waals surface area contributed by atoms with Crippen molar-refractivity contribution in [3.63, 3.8) is 0 Å². The van der Waals surface area contributed by atoms with Gasteiger partial charge in [0.1, 0.15) is 6.61 Å². The van der Waals surface area contributed by atoms with E-state index in [-0.39, 0.29) is 6.61 Å². The van der Waals surface area contributed by atoms with Crippen LogP contribution in [0.25, 0.3) is 0 Å². The van der Waals surface area contributed by atoms with Gasteiger partial charge in [0.2, 0.25) is 0 Å². The number of halogens is 3. The Morgan fingerprint density at radius 1 is 0.853 bits per heavy atom. The highest BCUT2D eigenvalue weighted by atomic mass is 35.5. The van der Waals surface area contributed by atoms with E-state index >= 15 is 0 Å². The van der Waals surface area contributed by atoms with Gasteiger partial charge < -0.3 is 24.4 Å². The van der Waals surface area contributed by atoms with Crippen LogP contribution in [-0.4, -0.2) is 32.9 Å². The average molecular weight is 522 g/mol. The predicted octanol–water partition coefficient (Wildman–Crippen LogP) is 7.07. The van der Waals surface area contributed by atoms with Crippen molar-refractivity contribution in [1.82, 2.24) is 0 Å². The van der Waals surface area contributed by atoms with Gasteiger partial charge in [-0.25, -0.2) is 0 Å². The molecule has 0 saturated carbocycles. The van der Waals surface area contributed by atoms with Crippen molar-refractivity contribution in [2.45, 2.75) is 20.1 Å². The van der Waals surface area contributed by atoms with E-state index in [2.05, 4.69) is 34.5 Å². The molecule has 3 aromatic rings. The molecule has 0 atom stereocenters. The summed E-state index contributed by atoms with van der Waals surface area (Å²) in [7, 11) is 0. The zero-order valence-corrected chi connectivity index (χ0v) is 21.2. The Hall–Kier alpha value is -2.31. The first-order valence-electron chi connectivity index (χ1n) is 11.2. The summed E-state index contributed by atoms with van der Waals surface area (Å²) in [4.78, 5) is 2.33. The Morgan fingerprint density at radius 3 is 2.26 bits per heavy atom. The zero-order chi connectivity index (χ0) is 23.9. The summed E-state index contributed by atoms with van der Waals surface area (Å²) >= 11 is 18.8. The lowest BCUT2D eigenvalue weighted by atomic mass is 10.1. The number of ether oxygens (including phenoxy) is 3. The molecule has 0 spiro atoms. The standard InChI is InChI=1S/C26H27Cl3N2O3/c1-2-33-25-13-19(16-30-21-5-7-22(8-6-21)31-9-11-32-12-10-31)24(29)15-26(25)34-17-18-3-4-20(27)14-23(18)28/h3-8,13-15,30H,2,9-12,16-17H2,1H3. The molecule has 1 heterocycles. The number of nitrogens with zero attached hydrogens (tertiary/aromatic N) is 1. The molecule has 1 N–H and O–H groups in total. The van der Waals surface area contributed by atoms with Gasteiger partial charge in [0, 0.05) is 57.7 Å². The lowest BCUT2D eigenvalue weighted by molar-refractivity contribution is 0.122. The monoisotopic (exact) mass is 520 g/mol. The van der Waals surface area contributed by atoms with Crippen molar-refractivity contribution in [3.05, 3.63) is 80.8 Å². The van der Waals surface area contributed by atoms with Crippen LogP contribution in [0.2, 0.25) is 15.1 Å². The van der Waals surface area contributed by atoms with Gasteiger partial charge >= 0.3 is 0 Å². The van der Waals surface area contributed by atoms with Crippen molar-refractivity contribution >= 4 is 46.2 Å². The Balaban J connectivity index is 1.42. The Labute approximate surface area is 215 Å². The molecule has 1 saturated heterocycles. The Kier molecular flexibility index (Phi) is 8.68. The number of anilines is 2. The molecule has 1 aliphatic rings. The molecule has 0 aromatic heterocycles. The minimum absolute atomic E-state index is 0.277. The van der Waals surface area contributed by atoms with Gasteiger partial charge in [-0.1, -0.05) is 40.9 Å². The second kappa shape index (κ2) is 11.9. The van der Waals surface area contributed by atoms with Crippen molar-refractivity contribution in [3.8, 4) is 11.5 Å². The molecule has 1 fully saturated rings. The van der Waals surface area contributed by atoms with E-state index in [4.69, 9.17) is 49.0 Å². The Bertz CT molecular complexity index is 1100. The number of rotatable bonds is 9. The van der Waals surface area contributed by atoms with Crippen LogP contribution in [0.5, 0.6) is 11.5 Å². The number of benzene rings is 3. The molecule has 0 bridgehead atoms. The molecule has 1 aliphatic heterocycles. The van der Waals surface area contributed by atoms with E-state index in [0.717, 1.165) is 43.1 Å². The third kappa shape index (κ3) is 6.42. The first-order chi connectivity index (χ1) is 16.5. The summed E-state index contributed by atoms with van der Waals surface area (Å²) in [6, 6.07) is 17.4. The van der Waals surface area contributed by atoms with Gasteiger partial charge in [-0.2, -0.15) is 0 Å². The van der Waals surface area contributed by atoms with Crippen molar-refractivity contribution in [1.29, 1.82) is 0 Å². The topological polar surface area (TPSA) is 43.0 Å². The average Bonchev–Trinajstić information content (AvgIpc) is 2.85. The molecule has 0 aliphatic carbocycles. The minimum Gasteiger partial charge on any atom is -0.490 e. The molecule has 5 nitrogen and oxygen atoms in total. The summed E-state index contributed by atoms with van der Waals surface area (Å²) < 4.78 is 17.2. The molecule has 34 heavy (non-hydrogen) atoms. The van der Waals surface area contributed by atoms with Crippen LogP contribution in [-0.2, 0) is 17.9 Å². The van der Waals surface area contributed by atoms with Crippen LogP contribution >= 0.6 is 34.8 Å². The van der Waals surface area contributed by atoms with Crippen LogP contribution in [0.3, 0.4) is 0 Å². The summed E-state index contributed by atoms with van der Waals surface area (Å²) in [6.07, 6.45) is 0. The largest absolute Gasteiger partial charge is 0.490 e. The second-order valence-electron chi connectivity index (χ2n) is 7.85. The minimum atomic E-state index is 0.277. The predicted molar refractivity (Wildman–Crippen MR) is 140 cm³/mol. The maximum atomic E-state index is 6.59. The zero-order valence-electron chi connectivity index (χ0n) is 19.0. The fourth-order valence-corrected chi connectivity index (χ4v) is 4.38. The van der Waals surface area contributed by atoms with Gasteiger partial charge in [-0.15, -0.1) is 0 Å². The highest BCUT2D eigenvalue weighted by molar-refractivity contribution is 6.35. The first-order valence-corrected chi connectivity index (χ1v) is 12.4. The molecule has 8 heteroatoms. The molecule has 3 aromatic carbocycles. The summed E-state index contributed by atoms with van der Waals surface area (Å²) in [5, 5.41) is 5.17. The lowest BCUT2D eigenvalue weighted by Gasteiger charge is -2.29. The summed E-state index contributed by atoms with van der Waals surface area (Å²) in [5.74, 6) is 1.20. The number of morpholine rings is 1. The molecule has 180 valence electrons. The smallest absolute Gasteiger partial charge is 0.163 e. The van der Waals surface area contributed by atoms with Gasteiger partial charge in [-0.3, -0.25) is 0 Å². The summed E-state index contributed by atoms with van der Waals surface area (Å²) in [5.41, 5.74) is 3.96. The van der Waals surface area contributed by atoms with E-state index in [0.29, 0.717) is 39.7 Å². The fraction of sp³-hybridized carbons (Fsp3) is 0.308. The molecule has 0 amide bonds. The van der Waals surface area contributed by atoms with Crippen LogP contribution < -0.4 is 19.7 Å². The third-order valence-electron chi connectivity index (χ3n) is 5.54. The Morgan fingerprint density at radius 2 is 1.56 bits per heavy atom. The van der Waals surface area contributed by atoms with Crippen LogP contribution in [0.15, 0.2) is 54.6 Å². The van der Waals surface area contributed by atoms with Gasteiger partial charge in [-0.05, 0) is 55.0 Å². The van der Waals surface area contributed by atoms with Gasteiger partial charge in [0.25, 0.3) is 0 Å². The van der Waals surface area contributed by atoms with Crippen molar-refractivity contribution < 1.29 is 14.2 Å². The van der Waals surface area contributed by atoms with E-state index in [9.17, 15) is 0 Å². The van der Waals surface area contributed by atoms with E-state index in [1.165, 1.54) is 5.69 Å². The molecule has 0 radical (unpaired) electrons. The molecule has 4 rings (SSSR count). The number of hydrogen-bond acceptors (Lipinski definition) is 5. The second-order valence-corrected chi connectivity index (χ2v) is 9.10. The lowest BCUT2D eigenvalue weighted by Crippen LogP contribution is -2.36. The normalized spacial score (nSPS) is 13.6. The van der Waals surface area contributed by atoms with Gasteiger partial charge in [0.15, 0.2) is 11.5 Å². The highest BCUT2D eigenvalue weighted by Gasteiger charge is 2.14. The maximum Gasteiger partial charge on any atom is 0.163 e. The van der Waals surface area contributed by atoms with Crippen LogP contribution in [0, 0.1) is 0 Å². The number of nitrogens with one attached hydrogen (secondary N) is 1. The van der Waals surface area contributed by atoms with Crippen LogP contribution in [0.1, 0.15) is 18.1 Å². The van der Waals surface area contributed by atoms with Crippen molar-refractivity contribution in [2.75, 3.05) is 43.1 Å². The first kappa shape index (κ1) is 24.8. The molecule has 0 unspecified atom stereocenters. The summed E-state index contributed by atoms with van der Waals surface area (Å²) in [6.45, 7) is 6.65. The van der Waals surface area contributed by atoms with Gasteiger partial charge in [0.05, 0.1) is 19.8 Å². The SMILES string of the molecule is CCOc1cc(CNc2ccc(N3CCOCC3)cc2)c(Cl)cc1OCc1ccc(Cl)cc1Cl. The third-order valence-corrected chi connectivity index (χ3v) is 6.48. The van der Waals surface area contributed by atoms with Crippen LogP contribution in [0.4, 0.5) is 11.4 Å². The van der Waals surface area contributed by atoms with Crippen molar-refractivity contribution in [2.24, 2.45) is 0 Å². The number of hydrogen-bond donors (Lipinski definition) is 1.